The Morgan fingerprint density at radius 2 is 1.67 bits per heavy atom. The van der Waals surface area contributed by atoms with Crippen LogP contribution in [0.2, 0.25) is 0 Å². The molecule has 0 aliphatic carbocycles. The van der Waals surface area contributed by atoms with Gasteiger partial charge in [-0.25, -0.2) is 0 Å². The summed E-state index contributed by atoms with van der Waals surface area (Å²) in [4.78, 5) is 28.7. The van der Waals surface area contributed by atoms with Gasteiger partial charge in [-0.2, -0.15) is 0 Å². The van der Waals surface area contributed by atoms with Gasteiger partial charge in [-0.05, 0) is 48.2 Å². The van der Waals surface area contributed by atoms with Gasteiger partial charge in [0.25, 0.3) is 11.5 Å². The fourth-order valence-corrected chi connectivity index (χ4v) is 3.01. The average molecular weight is 328 g/mol. The standard InChI is InChI=1S/C18H20N2O4/c1-23-15-10-12-5-8-20(9-6-13(12)11-16(15)24-2)18(22)14-4-3-7-19-17(14)21/h3-4,7,10-11H,5-6,8-9H2,1-2H3,(H,19,21). The predicted octanol–water partition coefficient (Wildman–Crippen LogP) is 1.63. The highest BCUT2D eigenvalue weighted by Gasteiger charge is 2.22. The largest absolute Gasteiger partial charge is 0.493 e. The number of fused-ring (bicyclic) bond motifs is 1. The highest BCUT2D eigenvalue weighted by Crippen LogP contribution is 2.32. The molecule has 0 unspecified atom stereocenters. The molecule has 0 fully saturated rings. The first kappa shape index (κ1) is 16.1. The Bertz CT molecular complexity index is 778. The lowest BCUT2D eigenvalue weighted by atomic mass is 10.0. The minimum atomic E-state index is -0.354. The Morgan fingerprint density at radius 3 is 2.17 bits per heavy atom. The van der Waals surface area contributed by atoms with Gasteiger partial charge in [-0.1, -0.05) is 0 Å². The summed E-state index contributed by atoms with van der Waals surface area (Å²) in [5, 5.41) is 0. The van der Waals surface area contributed by atoms with Crippen molar-refractivity contribution >= 4 is 5.91 Å². The highest BCUT2D eigenvalue weighted by atomic mass is 16.5. The molecule has 6 heteroatoms. The van der Waals surface area contributed by atoms with E-state index in [0.717, 1.165) is 11.1 Å². The number of amides is 1. The molecule has 2 heterocycles. The number of pyridine rings is 1. The van der Waals surface area contributed by atoms with Gasteiger partial charge in [0.05, 0.1) is 14.2 Å². The first-order valence-electron chi connectivity index (χ1n) is 7.84. The molecule has 1 aliphatic heterocycles. The van der Waals surface area contributed by atoms with Gasteiger partial charge < -0.3 is 19.4 Å². The Labute approximate surface area is 140 Å². The van der Waals surface area contributed by atoms with Crippen LogP contribution in [-0.4, -0.2) is 43.1 Å². The van der Waals surface area contributed by atoms with Crippen LogP contribution in [0.3, 0.4) is 0 Å². The van der Waals surface area contributed by atoms with Crippen LogP contribution in [0.1, 0.15) is 21.5 Å². The average Bonchev–Trinajstić information content (AvgIpc) is 2.82. The zero-order valence-corrected chi connectivity index (χ0v) is 13.8. The smallest absolute Gasteiger partial charge is 0.260 e. The number of nitrogens with zero attached hydrogens (tertiary/aromatic N) is 1. The van der Waals surface area contributed by atoms with Crippen molar-refractivity contribution in [2.75, 3.05) is 27.3 Å². The molecule has 0 saturated carbocycles. The number of benzene rings is 1. The maximum absolute atomic E-state index is 12.6. The molecule has 3 rings (SSSR count). The van der Waals surface area contributed by atoms with Gasteiger partial charge in [-0.15, -0.1) is 0 Å². The molecule has 24 heavy (non-hydrogen) atoms. The molecule has 1 aliphatic rings. The summed E-state index contributed by atoms with van der Waals surface area (Å²) >= 11 is 0. The number of ether oxygens (including phenoxy) is 2. The van der Waals surface area contributed by atoms with Crippen LogP contribution in [-0.2, 0) is 12.8 Å². The van der Waals surface area contributed by atoms with Gasteiger partial charge in [0.2, 0.25) is 0 Å². The molecule has 2 aromatic rings. The van der Waals surface area contributed by atoms with E-state index in [2.05, 4.69) is 4.98 Å². The molecule has 1 N–H and O–H groups in total. The third-order valence-electron chi connectivity index (χ3n) is 4.34. The molecule has 0 atom stereocenters. The number of H-pyrrole nitrogens is 1. The number of carbonyl (C=O) groups is 1. The van der Waals surface area contributed by atoms with Crippen LogP contribution < -0.4 is 15.0 Å². The topological polar surface area (TPSA) is 71.6 Å². The predicted molar refractivity (Wildman–Crippen MR) is 89.9 cm³/mol. The van der Waals surface area contributed by atoms with Crippen molar-refractivity contribution in [2.45, 2.75) is 12.8 Å². The van der Waals surface area contributed by atoms with Gasteiger partial charge >= 0.3 is 0 Å². The number of carbonyl (C=O) groups excluding carboxylic acids is 1. The quantitative estimate of drug-likeness (QED) is 0.930. The summed E-state index contributed by atoms with van der Waals surface area (Å²) in [7, 11) is 3.22. The number of nitrogens with one attached hydrogen (secondary N) is 1. The summed E-state index contributed by atoms with van der Waals surface area (Å²) in [6, 6.07) is 7.16. The monoisotopic (exact) mass is 328 g/mol. The SMILES string of the molecule is COc1cc2c(cc1OC)CCN(C(=O)c1ccc[nH]c1=O)CC2. The highest BCUT2D eigenvalue weighted by molar-refractivity contribution is 5.93. The van der Waals surface area contributed by atoms with Crippen molar-refractivity contribution in [3.63, 3.8) is 0 Å². The number of hydrogen-bond donors (Lipinski definition) is 1. The maximum Gasteiger partial charge on any atom is 0.260 e. The summed E-state index contributed by atoms with van der Waals surface area (Å²) in [5.41, 5.74) is 2.11. The summed E-state index contributed by atoms with van der Waals surface area (Å²) in [5.74, 6) is 1.15. The molecule has 6 nitrogen and oxygen atoms in total. The Hall–Kier alpha value is -2.76. The third-order valence-corrected chi connectivity index (χ3v) is 4.34. The number of methoxy groups -OCH3 is 2. The van der Waals surface area contributed by atoms with E-state index in [-0.39, 0.29) is 17.0 Å². The van der Waals surface area contributed by atoms with Gasteiger partial charge in [0.1, 0.15) is 5.56 Å². The van der Waals surface area contributed by atoms with E-state index >= 15 is 0 Å². The van der Waals surface area contributed by atoms with Crippen molar-refractivity contribution < 1.29 is 14.3 Å². The second kappa shape index (κ2) is 6.78. The number of hydrogen-bond acceptors (Lipinski definition) is 4. The first-order chi connectivity index (χ1) is 11.6. The van der Waals surface area contributed by atoms with E-state index < -0.39 is 0 Å². The van der Waals surface area contributed by atoms with E-state index in [1.807, 2.05) is 12.1 Å². The number of aromatic nitrogens is 1. The molecule has 1 aromatic carbocycles. The number of aromatic amines is 1. The molecule has 0 saturated heterocycles. The minimum absolute atomic E-state index is 0.179. The van der Waals surface area contributed by atoms with E-state index in [1.54, 1.807) is 31.3 Å². The van der Waals surface area contributed by atoms with E-state index in [9.17, 15) is 9.59 Å². The Morgan fingerprint density at radius 1 is 1.08 bits per heavy atom. The molecule has 0 spiro atoms. The molecule has 0 radical (unpaired) electrons. The van der Waals surface area contributed by atoms with Crippen molar-refractivity contribution in [1.82, 2.24) is 9.88 Å². The fourth-order valence-electron chi connectivity index (χ4n) is 3.01. The zero-order chi connectivity index (χ0) is 17.1. The summed E-state index contributed by atoms with van der Waals surface area (Å²) in [6.45, 7) is 1.13. The van der Waals surface area contributed by atoms with Crippen LogP contribution in [0.15, 0.2) is 35.3 Å². The Kier molecular flexibility index (Phi) is 4.55. The van der Waals surface area contributed by atoms with Crippen molar-refractivity contribution in [3.05, 3.63) is 57.5 Å². The molecular weight excluding hydrogens is 308 g/mol. The molecule has 0 bridgehead atoms. The van der Waals surface area contributed by atoms with E-state index in [0.29, 0.717) is 37.4 Å². The van der Waals surface area contributed by atoms with Crippen molar-refractivity contribution in [3.8, 4) is 11.5 Å². The second-order valence-corrected chi connectivity index (χ2v) is 5.68. The third kappa shape index (κ3) is 2.99. The van der Waals surface area contributed by atoms with Crippen LogP contribution >= 0.6 is 0 Å². The van der Waals surface area contributed by atoms with Gasteiger partial charge in [0.15, 0.2) is 11.5 Å². The lowest BCUT2D eigenvalue weighted by Crippen LogP contribution is -2.36. The summed E-state index contributed by atoms with van der Waals surface area (Å²) < 4.78 is 10.7. The fraction of sp³-hybridized carbons (Fsp3) is 0.333. The second-order valence-electron chi connectivity index (χ2n) is 5.68. The molecule has 1 aromatic heterocycles. The van der Waals surface area contributed by atoms with E-state index in [1.165, 1.54) is 6.20 Å². The van der Waals surface area contributed by atoms with Crippen LogP contribution in [0, 0.1) is 0 Å². The van der Waals surface area contributed by atoms with E-state index in [4.69, 9.17) is 9.47 Å². The first-order valence-corrected chi connectivity index (χ1v) is 7.84. The normalized spacial score (nSPS) is 13.8. The lowest BCUT2D eigenvalue weighted by molar-refractivity contribution is 0.0761. The molecule has 126 valence electrons. The van der Waals surface area contributed by atoms with Crippen molar-refractivity contribution in [1.29, 1.82) is 0 Å². The van der Waals surface area contributed by atoms with Gasteiger partial charge in [0, 0.05) is 19.3 Å². The Balaban J connectivity index is 1.84. The summed E-state index contributed by atoms with van der Waals surface area (Å²) in [6.07, 6.45) is 2.95. The van der Waals surface area contributed by atoms with Gasteiger partial charge in [-0.3, -0.25) is 9.59 Å². The van der Waals surface area contributed by atoms with Crippen LogP contribution in [0.4, 0.5) is 0 Å². The molecule has 1 amide bonds. The number of rotatable bonds is 3. The van der Waals surface area contributed by atoms with Crippen LogP contribution in [0.5, 0.6) is 11.5 Å². The lowest BCUT2D eigenvalue weighted by Gasteiger charge is -2.19. The zero-order valence-electron chi connectivity index (χ0n) is 13.8. The van der Waals surface area contributed by atoms with Crippen molar-refractivity contribution in [2.24, 2.45) is 0 Å². The molecular formula is C18H20N2O4. The minimum Gasteiger partial charge on any atom is -0.493 e. The van der Waals surface area contributed by atoms with Crippen LogP contribution in [0.25, 0.3) is 0 Å². The maximum atomic E-state index is 12.6.